The molecule has 1 aromatic heterocycles. The van der Waals surface area contributed by atoms with Crippen LogP contribution in [0.1, 0.15) is 20.3 Å². The van der Waals surface area contributed by atoms with Crippen molar-refractivity contribution in [3.8, 4) is 0 Å². The highest BCUT2D eigenvalue weighted by Crippen LogP contribution is 2.35. The first-order chi connectivity index (χ1) is 7.43. The average molecular weight is 324 g/mol. The van der Waals surface area contributed by atoms with E-state index in [2.05, 4.69) is 22.9 Å². The molecule has 1 aliphatic rings. The van der Waals surface area contributed by atoms with Crippen molar-refractivity contribution in [2.45, 2.75) is 30.5 Å². The van der Waals surface area contributed by atoms with Crippen LogP contribution in [-0.4, -0.2) is 25.3 Å². The number of hydrogen-bond donors (Lipinski definition) is 0. The van der Waals surface area contributed by atoms with Gasteiger partial charge < -0.3 is 0 Å². The van der Waals surface area contributed by atoms with Crippen molar-refractivity contribution in [1.82, 2.24) is 4.31 Å². The quantitative estimate of drug-likeness (QED) is 0.839. The third-order valence-electron chi connectivity index (χ3n) is 2.85. The maximum atomic E-state index is 12.4. The maximum absolute atomic E-state index is 12.4. The van der Waals surface area contributed by atoms with Crippen LogP contribution in [0.25, 0.3) is 0 Å². The van der Waals surface area contributed by atoms with Gasteiger partial charge in [0.1, 0.15) is 4.21 Å². The molecule has 0 bridgehead atoms. The molecule has 2 atom stereocenters. The zero-order valence-corrected chi connectivity index (χ0v) is 12.4. The molecule has 2 unspecified atom stereocenters. The van der Waals surface area contributed by atoms with Crippen LogP contribution < -0.4 is 0 Å². The first-order valence-corrected chi connectivity index (χ1v) is 8.29. The highest BCUT2D eigenvalue weighted by atomic mass is 79.9. The molecule has 0 saturated carbocycles. The summed E-state index contributed by atoms with van der Waals surface area (Å²) in [6.07, 6.45) is 0.947. The normalized spacial score (nSPS) is 27.4. The van der Waals surface area contributed by atoms with E-state index >= 15 is 0 Å². The monoisotopic (exact) mass is 323 g/mol. The van der Waals surface area contributed by atoms with E-state index in [0.717, 1.165) is 6.42 Å². The van der Waals surface area contributed by atoms with Crippen molar-refractivity contribution in [3.63, 3.8) is 0 Å². The first kappa shape index (κ1) is 12.5. The minimum absolute atomic E-state index is 0.106. The first-order valence-electron chi connectivity index (χ1n) is 5.17. The van der Waals surface area contributed by atoms with Gasteiger partial charge in [-0.15, -0.1) is 11.3 Å². The van der Waals surface area contributed by atoms with Gasteiger partial charge >= 0.3 is 0 Å². The molecular formula is C10H14BrNO2S2. The molecule has 3 nitrogen and oxygen atoms in total. The van der Waals surface area contributed by atoms with E-state index in [0.29, 0.717) is 21.1 Å². The van der Waals surface area contributed by atoms with Crippen molar-refractivity contribution in [2.75, 3.05) is 6.54 Å². The Hall–Kier alpha value is 0.0900. The molecule has 0 aliphatic carbocycles. The molecule has 1 fully saturated rings. The summed E-state index contributed by atoms with van der Waals surface area (Å²) in [5.74, 6) is 0.448. The fourth-order valence-corrected chi connectivity index (χ4v) is 6.35. The van der Waals surface area contributed by atoms with Gasteiger partial charge in [-0.1, -0.05) is 6.92 Å². The second-order valence-corrected chi connectivity index (χ2v) is 8.18. The second kappa shape index (κ2) is 4.40. The Morgan fingerprint density at radius 3 is 2.62 bits per heavy atom. The van der Waals surface area contributed by atoms with Crippen LogP contribution in [0.2, 0.25) is 0 Å². The highest BCUT2D eigenvalue weighted by Gasteiger charge is 2.37. The molecule has 0 aromatic carbocycles. The number of nitrogens with zero attached hydrogens (tertiary/aromatic N) is 1. The van der Waals surface area contributed by atoms with Crippen molar-refractivity contribution in [2.24, 2.45) is 5.92 Å². The Balaban J connectivity index is 2.37. The Morgan fingerprint density at radius 2 is 2.19 bits per heavy atom. The Morgan fingerprint density at radius 1 is 1.50 bits per heavy atom. The summed E-state index contributed by atoms with van der Waals surface area (Å²) in [4.78, 5) is 0. The summed E-state index contributed by atoms with van der Waals surface area (Å²) in [5, 5.41) is 1.79. The van der Waals surface area contributed by atoms with E-state index in [1.807, 2.05) is 6.92 Å². The molecule has 0 radical (unpaired) electrons. The van der Waals surface area contributed by atoms with E-state index in [4.69, 9.17) is 0 Å². The van der Waals surface area contributed by atoms with Gasteiger partial charge in [-0.25, -0.2) is 8.42 Å². The fourth-order valence-electron chi connectivity index (χ4n) is 2.17. The van der Waals surface area contributed by atoms with Crippen LogP contribution in [0.4, 0.5) is 0 Å². The molecule has 90 valence electrons. The Labute approximate surface area is 109 Å². The summed E-state index contributed by atoms with van der Waals surface area (Å²) < 4.78 is 27.5. The lowest BCUT2D eigenvalue weighted by atomic mass is 10.1. The smallest absolute Gasteiger partial charge is 0.206 e. The lowest BCUT2D eigenvalue weighted by Crippen LogP contribution is -2.33. The fraction of sp³-hybridized carbons (Fsp3) is 0.600. The van der Waals surface area contributed by atoms with E-state index in [1.165, 1.54) is 11.3 Å². The number of thiophene rings is 1. The van der Waals surface area contributed by atoms with Crippen molar-refractivity contribution in [3.05, 3.63) is 15.9 Å². The third kappa shape index (κ3) is 2.08. The van der Waals surface area contributed by atoms with Gasteiger partial charge in [0.2, 0.25) is 0 Å². The van der Waals surface area contributed by atoms with E-state index in [9.17, 15) is 8.42 Å². The number of halogens is 1. The third-order valence-corrected chi connectivity index (χ3v) is 7.48. The van der Waals surface area contributed by atoms with Gasteiger partial charge in [0.05, 0.1) is 0 Å². The minimum atomic E-state index is -3.30. The molecule has 0 amide bonds. The molecule has 2 rings (SSSR count). The Kier molecular flexibility index (Phi) is 3.45. The summed E-state index contributed by atoms with van der Waals surface area (Å²) >= 11 is 4.56. The van der Waals surface area contributed by atoms with Gasteiger partial charge in [0.15, 0.2) is 0 Å². The summed E-state index contributed by atoms with van der Waals surface area (Å²) in [6, 6.07) is 1.89. The number of sulfonamides is 1. The van der Waals surface area contributed by atoms with Crippen molar-refractivity contribution in [1.29, 1.82) is 0 Å². The van der Waals surface area contributed by atoms with E-state index in [-0.39, 0.29) is 6.04 Å². The van der Waals surface area contributed by atoms with Crippen molar-refractivity contribution < 1.29 is 8.42 Å². The van der Waals surface area contributed by atoms with E-state index < -0.39 is 10.0 Å². The lowest BCUT2D eigenvalue weighted by molar-refractivity contribution is 0.406. The largest absolute Gasteiger partial charge is 0.253 e. The van der Waals surface area contributed by atoms with Crippen LogP contribution in [0.15, 0.2) is 20.1 Å². The number of rotatable bonds is 2. The maximum Gasteiger partial charge on any atom is 0.253 e. The summed E-state index contributed by atoms with van der Waals surface area (Å²) in [6.45, 7) is 4.70. The van der Waals surface area contributed by atoms with Gasteiger partial charge in [-0.05, 0) is 46.6 Å². The van der Waals surface area contributed by atoms with Crippen LogP contribution in [-0.2, 0) is 10.0 Å². The zero-order valence-electron chi connectivity index (χ0n) is 9.18. The van der Waals surface area contributed by atoms with Gasteiger partial charge in [-0.2, -0.15) is 4.31 Å². The molecule has 1 aliphatic heterocycles. The lowest BCUT2D eigenvalue weighted by Gasteiger charge is -2.20. The van der Waals surface area contributed by atoms with Gasteiger partial charge in [-0.3, -0.25) is 0 Å². The topological polar surface area (TPSA) is 37.4 Å². The van der Waals surface area contributed by atoms with Crippen LogP contribution in [0.5, 0.6) is 0 Å². The molecule has 1 aromatic rings. The average Bonchev–Trinajstić information content (AvgIpc) is 2.72. The summed E-state index contributed by atoms with van der Waals surface area (Å²) in [7, 11) is -3.30. The standard InChI is InChI=1S/C10H14BrNO2S2/c1-7-5-8(2)12(6-7)16(13,14)10-9(11)3-4-15-10/h3-4,7-8H,5-6H2,1-2H3. The molecule has 16 heavy (non-hydrogen) atoms. The number of hydrogen-bond acceptors (Lipinski definition) is 3. The Bertz CT molecular complexity index is 483. The molecule has 1 saturated heterocycles. The predicted molar refractivity (Wildman–Crippen MR) is 69.2 cm³/mol. The van der Waals surface area contributed by atoms with E-state index in [1.54, 1.807) is 15.8 Å². The van der Waals surface area contributed by atoms with Crippen molar-refractivity contribution >= 4 is 37.3 Å². The molecule has 2 heterocycles. The molecule has 6 heteroatoms. The van der Waals surface area contributed by atoms with Crippen LogP contribution in [0.3, 0.4) is 0 Å². The second-order valence-electron chi connectivity index (χ2n) is 4.32. The van der Waals surface area contributed by atoms with Crippen LogP contribution in [0, 0.1) is 5.92 Å². The minimum Gasteiger partial charge on any atom is -0.206 e. The summed E-state index contributed by atoms with van der Waals surface area (Å²) in [5.41, 5.74) is 0. The molecule has 0 spiro atoms. The molecule has 0 N–H and O–H groups in total. The predicted octanol–water partition coefficient (Wildman–Crippen LogP) is 2.93. The molecular weight excluding hydrogens is 310 g/mol. The van der Waals surface area contributed by atoms with Crippen LogP contribution >= 0.6 is 27.3 Å². The zero-order chi connectivity index (χ0) is 11.9. The highest BCUT2D eigenvalue weighted by molar-refractivity contribution is 9.10. The van der Waals surface area contributed by atoms with Gasteiger partial charge in [0, 0.05) is 17.1 Å². The van der Waals surface area contributed by atoms with Gasteiger partial charge in [0.25, 0.3) is 10.0 Å². The SMILES string of the molecule is CC1CC(C)N(S(=O)(=O)c2sccc2Br)C1.